The van der Waals surface area contributed by atoms with Crippen LogP contribution < -0.4 is 5.32 Å². The number of carbonyl (C=O) groups excluding carboxylic acids is 4. The summed E-state index contributed by atoms with van der Waals surface area (Å²) in [6, 6.07) is 0. The molecule has 0 aromatic carbocycles. The van der Waals surface area contributed by atoms with Crippen LogP contribution in [0.2, 0.25) is 0 Å². The van der Waals surface area contributed by atoms with E-state index in [-0.39, 0.29) is 45.4 Å². The van der Waals surface area contributed by atoms with Crippen molar-refractivity contribution in [2.24, 2.45) is 0 Å². The minimum absolute atomic E-state index is 0.0894. The van der Waals surface area contributed by atoms with Gasteiger partial charge in [-0.2, -0.15) is 0 Å². The van der Waals surface area contributed by atoms with Gasteiger partial charge in [-0.15, -0.1) is 0 Å². The summed E-state index contributed by atoms with van der Waals surface area (Å²) < 4.78 is 37.6. The van der Waals surface area contributed by atoms with Crippen molar-refractivity contribution in [1.82, 2.24) is 5.32 Å². The Bertz CT molecular complexity index is 902. The van der Waals surface area contributed by atoms with Gasteiger partial charge in [0.15, 0.2) is 6.10 Å². The van der Waals surface area contributed by atoms with Crippen LogP contribution in [0, 0.1) is 0 Å². The summed E-state index contributed by atoms with van der Waals surface area (Å²) in [5.74, 6) is -1.90. The van der Waals surface area contributed by atoms with Crippen molar-refractivity contribution in [3.05, 3.63) is 0 Å². The second kappa shape index (κ2) is 33.2. The smallest absolute Gasteiger partial charge is 0.469 e. The van der Waals surface area contributed by atoms with Crippen LogP contribution in [-0.2, 0) is 47.0 Å². The van der Waals surface area contributed by atoms with E-state index >= 15 is 0 Å². The molecule has 0 bridgehead atoms. The summed E-state index contributed by atoms with van der Waals surface area (Å²) in [6.07, 6.45) is 21.9. The van der Waals surface area contributed by atoms with E-state index in [1.165, 1.54) is 84.2 Å². The van der Waals surface area contributed by atoms with Gasteiger partial charge >= 0.3 is 25.7 Å². The molecular formula is C36H68NO11P. The molecule has 0 aromatic heterocycles. The topological polar surface area (TPSA) is 164 Å². The van der Waals surface area contributed by atoms with Crippen molar-refractivity contribution in [1.29, 1.82) is 0 Å². The van der Waals surface area contributed by atoms with Crippen LogP contribution in [0.1, 0.15) is 168 Å². The normalized spacial score (nSPS) is 13.0. The van der Waals surface area contributed by atoms with Gasteiger partial charge in [0.1, 0.15) is 6.61 Å². The molecule has 0 saturated heterocycles. The minimum Gasteiger partial charge on any atom is -0.469 e. The number of methoxy groups -OCH3 is 1. The molecule has 12 nitrogen and oxygen atoms in total. The van der Waals surface area contributed by atoms with Gasteiger partial charge in [0.05, 0.1) is 26.7 Å². The molecular weight excluding hydrogens is 653 g/mol. The number of rotatable bonds is 35. The largest absolute Gasteiger partial charge is 0.472 e. The number of phosphoric acid groups is 1. The minimum atomic E-state index is -4.58. The average molecular weight is 722 g/mol. The number of amides is 1. The molecule has 49 heavy (non-hydrogen) atoms. The van der Waals surface area contributed by atoms with Crippen LogP contribution in [0.5, 0.6) is 0 Å². The van der Waals surface area contributed by atoms with Crippen molar-refractivity contribution in [3.63, 3.8) is 0 Å². The van der Waals surface area contributed by atoms with Crippen molar-refractivity contribution in [3.8, 4) is 0 Å². The van der Waals surface area contributed by atoms with Crippen molar-refractivity contribution in [2.45, 2.75) is 174 Å². The zero-order chi connectivity index (χ0) is 36.4. The molecule has 0 rings (SSSR count). The van der Waals surface area contributed by atoms with Crippen LogP contribution in [-0.4, -0.2) is 68.3 Å². The summed E-state index contributed by atoms with van der Waals surface area (Å²) in [5.41, 5.74) is 0. The standard InChI is InChI=1S/C36H68NO11P/c1-4-6-8-10-12-14-16-18-20-22-24-35(40)45-30-32(48-36(41)25-23-21-19-17-15-13-11-9-7-5-2)31-47-49(42,43)46-29-28-37-33(38)26-27-34(39)44-3/h32H,4-31H2,1-3H3,(H,37,38)(H,42,43). The van der Waals surface area contributed by atoms with Gasteiger partial charge in [0, 0.05) is 25.8 Å². The van der Waals surface area contributed by atoms with Crippen molar-refractivity contribution < 1.29 is 51.9 Å². The quantitative estimate of drug-likeness (QED) is 0.0280. The lowest BCUT2D eigenvalue weighted by atomic mass is 10.1. The summed E-state index contributed by atoms with van der Waals surface area (Å²) >= 11 is 0. The van der Waals surface area contributed by atoms with Gasteiger partial charge in [-0.25, -0.2) is 4.57 Å². The number of esters is 3. The number of phosphoric ester groups is 1. The maximum absolute atomic E-state index is 12.6. The molecule has 2 N–H and O–H groups in total. The predicted molar refractivity (Wildman–Crippen MR) is 190 cm³/mol. The number of ether oxygens (including phenoxy) is 3. The molecule has 0 aliphatic carbocycles. The Morgan fingerprint density at radius 1 is 0.592 bits per heavy atom. The molecule has 2 atom stereocenters. The molecule has 0 saturated carbocycles. The van der Waals surface area contributed by atoms with Crippen LogP contribution in [0.15, 0.2) is 0 Å². The third-order valence-electron chi connectivity index (χ3n) is 8.08. The fraction of sp³-hybridized carbons (Fsp3) is 0.889. The number of hydrogen-bond acceptors (Lipinski definition) is 10. The Balaban J connectivity index is 4.59. The molecule has 0 aliphatic rings. The first-order chi connectivity index (χ1) is 23.6. The van der Waals surface area contributed by atoms with E-state index in [9.17, 15) is 28.6 Å². The summed E-state index contributed by atoms with van der Waals surface area (Å²) in [7, 11) is -3.35. The molecule has 0 heterocycles. The maximum atomic E-state index is 12.6. The van der Waals surface area contributed by atoms with Gasteiger partial charge < -0.3 is 24.4 Å². The van der Waals surface area contributed by atoms with Crippen LogP contribution in [0.3, 0.4) is 0 Å². The monoisotopic (exact) mass is 721 g/mol. The van der Waals surface area contributed by atoms with Gasteiger partial charge in [-0.05, 0) is 12.8 Å². The first-order valence-corrected chi connectivity index (χ1v) is 20.4. The van der Waals surface area contributed by atoms with Gasteiger partial charge in [0.2, 0.25) is 5.91 Å². The van der Waals surface area contributed by atoms with Crippen LogP contribution in [0.4, 0.5) is 0 Å². The molecule has 13 heteroatoms. The molecule has 0 fully saturated rings. The van der Waals surface area contributed by atoms with Gasteiger partial charge in [-0.3, -0.25) is 28.2 Å². The third-order valence-corrected chi connectivity index (χ3v) is 9.07. The zero-order valence-corrected chi connectivity index (χ0v) is 31.7. The van der Waals surface area contributed by atoms with E-state index < -0.39 is 44.3 Å². The number of unbranched alkanes of at least 4 members (excludes halogenated alkanes) is 18. The Kier molecular flexibility index (Phi) is 31.8. The Morgan fingerprint density at radius 3 is 1.55 bits per heavy atom. The van der Waals surface area contributed by atoms with E-state index in [4.69, 9.17) is 18.5 Å². The highest BCUT2D eigenvalue weighted by Crippen LogP contribution is 2.43. The van der Waals surface area contributed by atoms with Crippen LogP contribution >= 0.6 is 7.82 Å². The van der Waals surface area contributed by atoms with Crippen molar-refractivity contribution >= 4 is 31.6 Å². The molecule has 0 aliphatic heterocycles. The number of hydrogen-bond donors (Lipinski definition) is 2. The second-order valence-electron chi connectivity index (χ2n) is 12.7. The lowest BCUT2D eigenvalue weighted by molar-refractivity contribution is -0.161. The Labute approximate surface area is 296 Å². The summed E-state index contributed by atoms with van der Waals surface area (Å²) in [5, 5.41) is 2.46. The van der Waals surface area contributed by atoms with E-state index in [0.717, 1.165) is 38.5 Å². The van der Waals surface area contributed by atoms with E-state index in [1.54, 1.807) is 0 Å². The Morgan fingerprint density at radius 2 is 1.06 bits per heavy atom. The number of nitrogens with one attached hydrogen (secondary N) is 1. The Hall–Kier alpha value is -2.01. The predicted octanol–water partition coefficient (Wildman–Crippen LogP) is 8.27. The molecule has 0 spiro atoms. The van der Waals surface area contributed by atoms with E-state index in [1.807, 2.05) is 0 Å². The number of carbonyl (C=O) groups is 4. The fourth-order valence-corrected chi connectivity index (χ4v) is 5.86. The SMILES string of the molecule is CCCCCCCCCCCCC(=O)OCC(COP(=O)(O)OCCNC(=O)CCC(=O)OC)OC(=O)CCCCCCCCCCCC. The summed E-state index contributed by atoms with van der Waals surface area (Å²) in [4.78, 5) is 57.9. The highest BCUT2D eigenvalue weighted by molar-refractivity contribution is 7.47. The first kappa shape index (κ1) is 47.0. The van der Waals surface area contributed by atoms with Crippen molar-refractivity contribution in [2.75, 3.05) is 33.5 Å². The molecule has 0 aromatic rings. The summed E-state index contributed by atoms with van der Waals surface area (Å²) in [6.45, 7) is 3.15. The lowest BCUT2D eigenvalue weighted by Crippen LogP contribution is -2.30. The van der Waals surface area contributed by atoms with E-state index in [0.29, 0.717) is 12.8 Å². The molecule has 2 unspecified atom stereocenters. The molecule has 1 amide bonds. The second-order valence-corrected chi connectivity index (χ2v) is 14.1. The van der Waals surface area contributed by atoms with Gasteiger partial charge in [-0.1, -0.05) is 129 Å². The average Bonchev–Trinajstić information content (AvgIpc) is 3.08. The fourth-order valence-electron chi connectivity index (χ4n) is 5.10. The first-order valence-electron chi connectivity index (χ1n) is 18.9. The highest BCUT2D eigenvalue weighted by Gasteiger charge is 2.26. The highest BCUT2D eigenvalue weighted by atomic mass is 31.2. The third kappa shape index (κ3) is 32.9. The zero-order valence-electron chi connectivity index (χ0n) is 30.9. The van der Waals surface area contributed by atoms with Gasteiger partial charge in [0.25, 0.3) is 0 Å². The molecule has 288 valence electrons. The molecule has 0 radical (unpaired) electrons. The van der Waals surface area contributed by atoms with E-state index in [2.05, 4.69) is 23.9 Å². The maximum Gasteiger partial charge on any atom is 0.472 e. The van der Waals surface area contributed by atoms with Crippen LogP contribution in [0.25, 0.3) is 0 Å². The lowest BCUT2D eigenvalue weighted by Gasteiger charge is -2.20.